The number of hydrogen-bond donors (Lipinski definition) is 1. The van der Waals surface area contributed by atoms with Gasteiger partial charge in [0.05, 0.1) is 12.2 Å². The first kappa shape index (κ1) is 10.5. The van der Waals surface area contributed by atoms with Gasteiger partial charge >= 0.3 is 0 Å². The molecule has 13 heavy (non-hydrogen) atoms. The fourth-order valence-electron chi connectivity index (χ4n) is 1.58. The second-order valence-electron chi connectivity index (χ2n) is 4.05. The van der Waals surface area contributed by atoms with Gasteiger partial charge < -0.3 is 4.90 Å². The van der Waals surface area contributed by atoms with Crippen molar-refractivity contribution < 1.29 is 4.79 Å². The summed E-state index contributed by atoms with van der Waals surface area (Å²) < 4.78 is 0. The van der Waals surface area contributed by atoms with Gasteiger partial charge in [0.15, 0.2) is 0 Å². The van der Waals surface area contributed by atoms with Crippen LogP contribution < -0.4 is 5.32 Å². The monoisotopic (exact) mass is 184 g/mol. The normalized spacial score (nSPS) is 31.1. The molecule has 76 valence electrons. The van der Waals surface area contributed by atoms with E-state index >= 15 is 0 Å². The Kier molecular flexibility index (Phi) is 2.96. The van der Waals surface area contributed by atoms with E-state index in [0.717, 1.165) is 12.8 Å². The molecule has 3 nitrogen and oxygen atoms in total. The molecule has 1 aliphatic rings. The Morgan fingerprint density at radius 1 is 1.62 bits per heavy atom. The maximum absolute atomic E-state index is 11.9. The van der Waals surface area contributed by atoms with Crippen molar-refractivity contribution in [1.82, 2.24) is 10.2 Å². The Labute approximate surface area is 80.5 Å². The summed E-state index contributed by atoms with van der Waals surface area (Å²) in [6.07, 6.45) is 1.88. The van der Waals surface area contributed by atoms with Gasteiger partial charge in [-0.3, -0.25) is 10.1 Å². The lowest BCUT2D eigenvalue weighted by Crippen LogP contribution is -2.44. The van der Waals surface area contributed by atoms with E-state index in [1.54, 1.807) is 0 Å². The topological polar surface area (TPSA) is 32.3 Å². The van der Waals surface area contributed by atoms with Crippen LogP contribution >= 0.6 is 0 Å². The zero-order chi connectivity index (χ0) is 10.1. The first-order chi connectivity index (χ1) is 6.05. The molecule has 1 heterocycles. The molecule has 1 rings (SSSR count). The SMILES string of the molecule is CCC(C)N1CNC(C)(CC)C1=O. The first-order valence-electron chi connectivity index (χ1n) is 5.11. The molecule has 2 atom stereocenters. The van der Waals surface area contributed by atoms with Crippen LogP contribution in [0.1, 0.15) is 40.5 Å². The largest absolute Gasteiger partial charge is 0.326 e. The van der Waals surface area contributed by atoms with E-state index in [-0.39, 0.29) is 11.4 Å². The lowest BCUT2D eigenvalue weighted by Gasteiger charge is -2.25. The van der Waals surface area contributed by atoms with Crippen LogP contribution in [0.2, 0.25) is 0 Å². The van der Waals surface area contributed by atoms with Crippen molar-refractivity contribution in [1.29, 1.82) is 0 Å². The van der Waals surface area contributed by atoms with E-state index < -0.39 is 0 Å². The van der Waals surface area contributed by atoms with E-state index in [1.165, 1.54) is 0 Å². The molecule has 0 radical (unpaired) electrons. The molecular formula is C10H20N2O. The van der Waals surface area contributed by atoms with Gasteiger partial charge in [0.2, 0.25) is 5.91 Å². The van der Waals surface area contributed by atoms with E-state index in [9.17, 15) is 4.79 Å². The average Bonchev–Trinajstić information content (AvgIpc) is 2.44. The van der Waals surface area contributed by atoms with Gasteiger partial charge in [0.1, 0.15) is 0 Å². The van der Waals surface area contributed by atoms with Crippen molar-refractivity contribution >= 4 is 5.91 Å². The summed E-state index contributed by atoms with van der Waals surface area (Å²) in [5, 5.41) is 3.27. The Balaban J connectivity index is 2.70. The molecule has 0 aromatic heterocycles. The third kappa shape index (κ3) is 1.70. The highest BCUT2D eigenvalue weighted by atomic mass is 16.2. The van der Waals surface area contributed by atoms with E-state index in [1.807, 2.05) is 18.7 Å². The van der Waals surface area contributed by atoms with Crippen LogP contribution in [0.3, 0.4) is 0 Å². The lowest BCUT2D eigenvalue weighted by molar-refractivity contribution is -0.133. The molecule has 0 spiro atoms. The third-order valence-corrected chi connectivity index (χ3v) is 3.20. The molecule has 1 N–H and O–H groups in total. The zero-order valence-corrected chi connectivity index (χ0v) is 9.05. The quantitative estimate of drug-likeness (QED) is 0.718. The number of rotatable bonds is 3. The molecular weight excluding hydrogens is 164 g/mol. The summed E-state index contributed by atoms with van der Waals surface area (Å²) in [5.74, 6) is 0.254. The molecule has 0 bridgehead atoms. The van der Waals surface area contributed by atoms with E-state index in [4.69, 9.17) is 0 Å². The van der Waals surface area contributed by atoms with Crippen LogP contribution in [0.4, 0.5) is 0 Å². The number of carbonyl (C=O) groups excluding carboxylic acids is 1. The van der Waals surface area contributed by atoms with Gasteiger partial charge in [-0.05, 0) is 26.7 Å². The maximum atomic E-state index is 11.9. The summed E-state index contributed by atoms with van der Waals surface area (Å²) in [4.78, 5) is 13.9. The fraction of sp³-hybridized carbons (Fsp3) is 0.900. The van der Waals surface area contributed by atoms with Crippen molar-refractivity contribution in [2.75, 3.05) is 6.67 Å². The Hall–Kier alpha value is -0.570. The van der Waals surface area contributed by atoms with Crippen molar-refractivity contribution in [2.45, 2.75) is 52.1 Å². The van der Waals surface area contributed by atoms with Crippen LogP contribution in [-0.2, 0) is 4.79 Å². The van der Waals surface area contributed by atoms with Gasteiger partial charge in [0, 0.05) is 6.04 Å². The minimum atomic E-state index is -0.316. The maximum Gasteiger partial charge on any atom is 0.243 e. The second kappa shape index (κ2) is 3.66. The molecule has 0 saturated carbocycles. The number of carbonyl (C=O) groups is 1. The number of amides is 1. The first-order valence-corrected chi connectivity index (χ1v) is 5.11. The fourth-order valence-corrected chi connectivity index (χ4v) is 1.58. The summed E-state index contributed by atoms with van der Waals surface area (Å²) in [6.45, 7) is 8.95. The smallest absolute Gasteiger partial charge is 0.243 e. The highest BCUT2D eigenvalue weighted by molar-refractivity contribution is 5.88. The molecule has 2 unspecified atom stereocenters. The highest BCUT2D eigenvalue weighted by Gasteiger charge is 2.41. The molecule has 1 aliphatic heterocycles. The van der Waals surface area contributed by atoms with Crippen molar-refractivity contribution in [3.8, 4) is 0 Å². The van der Waals surface area contributed by atoms with Crippen LogP contribution in [0.25, 0.3) is 0 Å². The van der Waals surface area contributed by atoms with Crippen LogP contribution in [0.15, 0.2) is 0 Å². The summed E-state index contributed by atoms with van der Waals surface area (Å²) in [7, 11) is 0. The highest BCUT2D eigenvalue weighted by Crippen LogP contribution is 2.21. The lowest BCUT2D eigenvalue weighted by atomic mass is 9.99. The predicted octanol–water partition coefficient (Wildman–Crippen LogP) is 1.34. The summed E-state index contributed by atoms with van der Waals surface area (Å²) >= 11 is 0. The molecule has 3 heteroatoms. The standard InChI is InChI=1S/C10H20N2O/c1-5-8(3)12-7-11-10(4,6-2)9(12)13/h8,11H,5-7H2,1-4H3. The minimum Gasteiger partial charge on any atom is -0.326 e. The summed E-state index contributed by atoms with van der Waals surface area (Å²) in [6, 6.07) is 0.355. The Morgan fingerprint density at radius 2 is 2.23 bits per heavy atom. The molecule has 0 aliphatic carbocycles. The van der Waals surface area contributed by atoms with Crippen molar-refractivity contribution in [3.05, 3.63) is 0 Å². The minimum absolute atomic E-state index is 0.254. The van der Waals surface area contributed by atoms with Crippen LogP contribution in [0.5, 0.6) is 0 Å². The third-order valence-electron chi connectivity index (χ3n) is 3.20. The Morgan fingerprint density at radius 3 is 2.62 bits per heavy atom. The summed E-state index contributed by atoms with van der Waals surface area (Å²) in [5.41, 5.74) is -0.316. The van der Waals surface area contributed by atoms with Gasteiger partial charge in [-0.25, -0.2) is 0 Å². The van der Waals surface area contributed by atoms with Crippen molar-refractivity contribution in [2.24, 2.45) is 0 Å². The second-order valence-corrected chi connectivity index (χ2v) is 4.05. The number of hydrogen-bond acceptors (Lipinski definition) is 2. The van der Waals surface area contributed by atoms with E-state index in [2.05, 4.69) is 19.2 Å². The average molecular weight is 184 g/mol. The molecule has 0 aromatic rings. The molecule has 1 fully saturated rings. The van der Waals surface area contributed by atoms with Gasteiger partial charge in [-0.2, -0.15) is 0 Å². The molecule has 1 saturated heterocycles. The van der Waals surface area contributed by atoms with Crippen LogP contribution in [-0.4, -0.2) is 29.1 Å². The number of nitrogens with one attached hydrogen (secondary N) is 1. The van der Waals surface area contributed by atoms with E-state index in [0.29, 0.717) is 12.7 Å². The number of nitrogens with zero attached hydrogens (tertiary/aromatic N) is 1. The molecule has 1 amide bonds. The zero-order valence-electron chi connectivity index (χ0n) is 9.05. The van der Waals surface area contributed by atoms with Gasteiger partial charge in [-0.1, -0.05) is 13.8 Å². The predicted molar refractivity (Wildman–Crippen MR) is 53.3 cm³/mol. The van der Waals surface area contributed by atoms with Gasteiger partial charge in [-0.15, -0.1) is 0 Å². The molecule has 0 aromatic carbocycles. The van der Waals surface area contributed by atoms with Crippen molar-refractivity contribution in [3.63, 3.8) is 0 Å². The Bertz CT molecular complexity index is 205. The van der Waals surface area contributed by atoms with Crippen LogP contribution in [0, 0.1) is 0 Å². The van der Waals surface area contributed by atoms with Gasteiger partial charge in [0.25, 0.3) is 0 Å².